The van der Waals surface area contributed by atoms with Crippen LogP contribution >= 0.6 is 11.6 Å². The summed E-state index contributed by atoms with van der Waals surface area (Å²) in [5.41, 5.74) is 0.0165. The Morgan fingerprint density at radius 1 is 1.18 bits per heavy atom. The first kappa shape index (κ1) is 21.2. The van der Waals surface area contributed by atoms with Crippen LogP contribution in [0.15, 0.2) is 27.5 Å². The van der Waals surface area contributed by atoms with Crippen molar-refractivity contribution in [2.75, 3.05) is 11.5 Å². The Bertz CT molecular complexity index is 1100. The Hall–Kier alpha value is -1.51. The van der Waals surface area contributed by atoms with Crippen molar-refractivity contribution in [1.29, 1.82) is 0 Å². The molecule has 0 fully saturated rings. The minimum atomic E-state index is -3.72. The smallest absolute Gasteiger partial charge is 0.199 e. The molecule has 0 atom stereocenters. The van der Waals surface area contributed by atoms with E-state index in [4.69, 9.17) is 11.6 Å². The van der Waals surface area contributed by atoms with E-state index in [1.54, 1.807) is 0 Å². The van der Waals surface area contributed by atoms with Gasteiger partial charge in [-0.05, 0) is 43.4 Å². The Kier molecular flexibility index (Phi) is 5.85. The number of halogens is 1. The Morgan fingerprint density at radius 2 is 1.89 bits per heavy atom. The lowest BCUT2D eigenvalue weighted by molar-refractivity contribution is -0.115. The van der Waals surface area contributed by atoms with Gasteiger partial charge in [-0.3, -0.25) is 9.59 Å². The van der Waals surface area contributed by atoms with Crippen LogP contribution in [0.4, 0.5) is 0 Å². The number of allylic oxidation sites excluding steroid dienone is 2. The number of ketones is 2. The number of carbonyl (C=O) groups is 2. The molecular weight excluding hydrogens is 424 g/mol. The summed E-state index contributed by atoms with van der Waals surface area (Å²) < 4.78 is 49.5. The molecule has 28 heavy (non-hydrogen) atoms. The van der Waals surface area contributed by atoms with E-state index in [2.05, 4.69) is 0 Å². The predicted molar refractivity (Wildman–Crippen MR) is 106 cm³/mol. The summed E-state index contributed by atoms with van der Waals surface area (Å²) in [5.74, 6) is -1.44. The van der Waals surface area contributed by atoms with Crippen LogP contribution in [0.2, 0.25) is 5.02 Å². The second-order valence-corrected chi connectivity index (χ2v) is 11.6. The lowest BCUT2D eigenvalue weighted by atomic mass is 9.91. The molecule has 1 aliphatic carbocycles. The second-order valence-electron chi connectivity index (χ2n) is 7.05. The first-order chi connectivity index (χ1) is 13.1. The Balaban J connectivity index is 2.13. The van der Waals surface area contributed by atoms with Crippen molar-refractivity contribution >= 4 is 42.8 Å². The third kappa shape index (κ3) is 3.69. The highest BCUT2D eigenvalue weighted by molar-refractivity contribution is 7.95. The lowest BCUT2D eigenvalue weighted by Crippen LogP contribution is -2.25. The van der Waals surface area contributed by atoms with Crippen molar-refractivity contribution in [2.45, 2.75) is 50.3 Å². The van der Waals surface area contributed by atoms with Crippen molar-refractivity contribution in [2.24, 2.45) is 0 Å². The maximum Gasteiger partial charge on any atom is 0.199 e. The molecule has 0 bridgehead atoms. The van der Waals surface area contributed by atoms with Gasteiger partial charge in [-0.1, -0.05) is 24.9 Å². The van der Waals surface area contributed by atoms with E-state index in [-0.39, 0.29) is 56.7 Å². The van der Waals surface area contributed by atoms with Gasteiger partial charge in [0.2, 0.25) is 0 Å². The minimum absolute atomic E-state index is 0.0141. The predicted octanol–water partition coefficient (Wildman–Crippen LogP) is 3.07. The molecule has 0 aromatic heterocycles. The van der Waals surface area contributed by atoms with Gasteiger partial charge in [-0.2, -0.15) is 0 Å². The van der Waals surface area contributed by atoms with E-state index in [0.29, 0.717) is 24.8 Å². The van der Waals surface area contributed by atoms with Crippen LogP contribution in [0.5, 0.6) is 0 Å². The molecule has 152 valence electrons. The van der Waals surface area contributed by atoms with Crippen molar-refractivity contribution in [3.05, 3.63) is 38.8 Å². The number of hydrogen-bond donors (Lipinski definition) is 0. The molecular formula is C19H21ClO6S2. The molecule has 0 saturated heterocycles. The zero-order valence-corrected chi connectivity index (χ0v) is 17.8. The van der Waals surface area contributed by atoms with Crippen LogP contribution in [0.3, 0.4) is 0 Å². The first-order valence-electron chi connectivity index (χ1n) is 9.18. The number of carbonyl (C=O) groups excluding carboxylic acids is 2. The van der Waals surface area contributed by atoms with Gasteiger partial charge in [-0.15, -0.1) is 0 Å². The lowest BCUT2D eigenvalue weighted by Gasteiger charge is -2.19. The maximum atomic E-state index is 13.1. The van der Waals surface area contributed by atoms with Crippen LogP contribution in [0.25, 0.3) is 0 Å². The first-order valence-corrected chi connectivity index (χ1v) is 12.9. The third-order valence-corrected chi connectivity index (χ3v) is 9.35. The highest BCUT2D eigenvalue weighted by Crippen LogP contribution is 2.37. The van der Waals surface area contributed by atoms with Gasteiger partial charge < -0.3 is 0 Å². The summed E-state index contributed by atoms with van der Waals surface area (Å²) in [5, 5.41) is -0.0141. The van der Waals surface area contributed by atoms with Crippen molar-refractivity contribution in [1.82, 2.24) is 0 Å². The third-order valence-electron chi connectivity index (χ3n) is 5.14. The summed E-state index contributed by atoms with van der Waals surface area (Å²) in [7, 11) is -7.15. The average molecular weight is 445 g/mol. The molecule has 1 aromatic carbocycles. The normalized spacial score (nSPS) is 19.0. The summed E-state index contributed by atoms with van der Waals surface area (Å²) in [6, 6.07) is 2.59. The van der Waals surface area contributed by atoms with Gasteiger partial charge in [0.25, 0.3) is 0 Å². The van der Waals surface area contributed by atoms with E-state index in [1.165, 1.54) is 12.1 Å². The minimum Gasteiger partial charge on any atom is -0.294 e. The molecule has 6 nitrogen and oxygen atoms in total. The molecule has 0 N–H and O–H groups in total. The number of benzene rings is 1. The highest BCUT2D eigenvalue weighted by atomic mass is 35.5. The quantitative estimate of drug-likeness (QED) is 0.493. The molecule has 1 aromatic rings. The molecule has 0 radical (unpaired) electrons. The fraction of sp³-hybridized carbons (Fsp3) is 0.474. The van der Waals surface area contributed by atoms with E-state index >= 15 is 0 Å². The molecule has 2 aliphatic rings. The molecule has 3 rings (SSSR count). The maximum absolute atomic E-state index is 13.1. The summed E-state index contributed by atoms with van der Waals surface area (Å²) >= 11 is 6.32. The van der Waals surface area contributed by atoms with Crippen LogP contribution in [0, 0.1) is 0 Å². The molecule has 9 heteroatoms. The molecule has 0 saturated carbocycles. The zero-order valence-electron chi connectivity index (χ0n) is 15.5. The van der Waals surface area contributed by atoms with Crippen LogP contribution in [0.1, 0.15) is 54.9 Å². The van der Waals surface area contributed by atoms with Gasteiger partial charge in [-0.25, -0.2) is 16.8 Å². The van der Waals surface area contributed by atoms with Gasteiger partial charge in [0.05, 0.1) is 31.9 Å². The largest absolute Gasteiger partial charge is 0.294 e. The summed E-state index contributed by atoms with van der Waals surface area (Å²) in [6.07, 6.45) is 1.94. The van der Waals surface area contributed by atoms with Gasteiger partial charge in [0, 0.05) is 12.0 Å². The van der Waals surface area contributed by atoms with E-state index in [9.17, 15) is 26.4 Å². The average Bonchev–Trinajstić information content (AvgIpc) is 2.95. The number of fused-ring (bicyclic) bond motifs is 1. The topological polar surface area (TPSA) is 102 Å². The zero-order chi connectivity index (χ0) is 20.7. The van der Waals surface area contributed by atoms with Crippen molar-refractivity contribution in [3.8, 4) is 0 Å². The molecule has 1 aliphatic heterocycles. The van der Waals surface area contributed by atoms with Crippen LogP contribution in [-0.2, 0) is 30.9 Å². The number of sulfone groups is 2. The van der Waals surface area contributed by atoms with Crippen molar-refractivity contribution < 1.29 is 26.4 Å². The number of rotatable bonds is 6. The van der Waals surface area contributed by atoms with E-state index in [0.717, 1.165) is 0 Å². The molecule has 0 unspecified atom stereocenters. The van der Waals surface area contributed by atoms with E-state index < -0.39 is 31.2 Å². The number of unbranched alkanes of at least 4 members (excludes halogenated alkanes) is 1. The summed E-state index contributed by atoms with van der Waals surface area (Å²) in [4.78, 5) is 25.6. The van der Waals surface area contributed by atoms with Gasteiger partial charge >= 0.3 is 0 Å². The fourth-order valence-electron chi connectivity index (χ4n) is 3.62. The van der Waals surface area contributed by atoms with Crippen LogP contribution < -0.4 is 0 Å². The Labute approximate surface area is 169 Å². The van der Waals surface area contributed by atoms with Gasteiger partial charge in [0.15, 0.2) is 31.2 Å². The van der Waals surface area contributed by atoms with Crippen LogP contribution in [-0.4, -0.2) is 39.9 Å². The second kappa shape index (κ2) is 7.72. The van der Waals surface area contributed by atoms with Crippen molar-refractivity contribution in [3.63, 3.8) is 0 Å². The fourth-order valence-corrected chi connectivity index (χ4v) is 7.46. The summed E-state index contributed by atoms with van der Waals surface area (Å²) in [6.45, 7) is 1.86. The molecule has 1 heterocycles. The van der Waals surface area contributed by atoms with E-state index in [1.807, 2.05) is 6.92 Å². The number of Topliss-reactive ketones (excluding diaryl/α,β-unsaturated/α-hetero) is 2. The Morgan fingerprint density at radius 3 is 2.57 bits per heavy atom. The molecule has 0 spiro atoms. The monoisotopic (exact) mass is 444 g/mol. The highest BCUT2D eigenvalue weighted by Gasteiger charge is 2.36. The SMILES string of the molecule is CCCCS(=O)(=O)C1=C(C(=O)c2ccc3c(c2Cl)CCS3(=O)=O)C(=O)CCC1. The standard InChI is InChI=1S/C19H21ClO6S2/c1-2-3-10-27(23,24)16-6-4-5-14(21)17(16)19(22)13-7-8-15-12(18(13)20)9-11-28(15,25)26/h7-8H,2-6,9-11H2,1H3. The number of hydrogen-bond acceptors (Lipinski definition) is 6. The van der Waals surface area contributed by atoms with Gasteiger partial charge in [0.1, 0.15) is 0 Å². The molecule has 0 amide bonds.